The van der Waals surface area contributed by atoms with Gasteiger partial charge in [-0.15, -0.1) is 0 Å². The van der Waals surface area contributed by atoms with Crippen molar-refractivity contribution in [2.45, 2.75) is 20.4 Å². The smallest absolute Gasteiger partial charge is 0.350 e. The molecule has 0 N–H and O–H groups in total. The van der Waals surface area contributed by atoms with Crippen LogP contribution in [-0.4, -0.2) is 24.5 Å². The summed E-state index contributed by atoms with van der Waals surface area (Å²) in [6, 6.07) is 11.7. The van der Waals surface area contributed by atoms with Crippen molar-refractivity contribution >= 4 is 5.97 Å². The zero-order valence-corrected chi connectivity index (χ0v) is 12.2. The zero-order valence-electron chi connectivity index (χ0n) is 12.2. The lowest BCUT2D eigenvalue weighted by atomic mass is 10.2. The summed E-state index contributed by atoms with van der Waals surface area (Å²) < 4.78 is 5.05. The molecular formula is C16H20N2O2. The van der Waals surface area contributed by atoms with Crippen LogP contribution in [0.2, 0.25) is 0 Å². The van der Waals surface area contributed by atoms with Crippen molar-refractivity contribution in [2.24, 2.45) is 5.92 Å². The predicted octanol–water partition coefficient (Wildman–Crippen LogP) is 2.73. The van der Waals surface area contributed by atoms with Gasteiger partial charge in [0, 0.05) is 19.8 Å². The van der Waals surface area contributed by atoms with Crippen molar-refractivity contribution in [3.63, 3.8) is 0 Å². The van der Waals surface area contributed by atoms with Crippen molar-refractivity contribution in [3.05, 3.63) is 47.7 Å². The van der Waals surface area contributed by atoms with Crippen LogP contribution in [0.4, 0.5) is 0 Å². The third-order valence-electron chi connectivity index (χ3n) is 2.51. The monoisotopic (exact) mass is 272 g/mol. The Balaban J connectivity index is 2.64. The van der Waals surface area contributed by atoms with Crippen LogP contribution in [0.15, 0.2) is 42.1 Å². The molecule has 1 aromatic carbocycles. The molecule has 0 aliphatic carbocycles. The minimum Gasteiger partial charge on any atom is -0.461 e. The Morgan fingerprint density at radius 2 is 2.05 bits per heavy atom. The molecule has 0 heterocycles. The summed E-state index contributed by atoms with van der Waals surface area (Å²) >= 11 is 0. The Morgan fingerprint density at radius 1 is 1.40 bits per heavy atom. The van der Waals surface area contributed by atoms with Crippen LogP contribution in [0.5, 0.6) is 0 Å². The van der Waals surface area contributed by atoms with E-state index in [1.165, 1.54) is 6.20 Å². The number of hydrogen-bond donors (Lipinski definition) is 0. The van der Waals surface area contributed by atoms with Gasteiger partial charge in [0.25, 0.3) is 0 Å². The largest absolute Gasteiger partial charge is 0.461 e. The molecule has 4 heteroatoms. The summed E-state index contributed by atoms with van der Waals surface area (Å²) in [4.78, 5) is 13.5. The number of nitriles is 1. The fourth-order valence-corrected chi connectivity index (χ4v) is 1.58. The summed E-state index contributed by atoms with van der Waals surface area (Å²) in [7, 11) is 1.82. The third kappa shape index (κ3) is 5.57. The van der Waals surface area contributed by atoms with Gasteiger partial charge in [0.1, 0.15) is 6.07 Å². The average molecular weight is 272 g/mol. The number of carbonyl (C=O) groups excluding carboxylic acids is 1. The SMILES string of the molecule is CC(C)COC(=O)C(C#N)=CN(C)Cc1ccccc1. The van der Waals surface area contributed by atoms with E-state index in [9.17, 15) is 4.79 Å². The van der Waals surface area contributed by atoms with Gasteiger partial charge in [-0.05, 0) is 11.5 Å². The standard InChI is InChI=1S/C16H20N2O2/c1-13(2)12-20-16(19)15(9-17)11-18(3)10-14-7-5-4-6-8-14/h4-8,11,13H,10,12H2,1-3H3. The lowest BCUT2D eigenvalue weighted by Gasteiger charge is -2.14. The molecule has 1 rings (SSSR count). The molecule has 20 heavy (non-hydrogen) atoms. The van der Waals surface area contributed by atoms with Gasteiger partial charge >= 0.3 is 5.97 Å². The van der Waals surface area contributed by atoms with E-state index in [1.54, 1.807) is 4.90 Å². The highest BCUT2D eigenvalue weighted by Crippen LogP contribution is 2.06. The maximum atomic E-state index is 11.7. The number of hydrogen-bond acceptors (Lipinski definition) is 4. The van der Waals surface area contributed by atoms with Crippen molar-refractivity contribution in [1.82, 2.24) is 4.90 Å². The van der Waals surface area contributed by atoms with Crippen LogP contribution >= 0.6 is 0 Å². The summed E-state index contributed by atoms with van der Waals surface area (Å²) in [6.07, 6.45) is 1.52. The summed E-state index contributed by atoms with van der Waals surface area (Å²) in [5, 5.41) is 9.03. The Bertz CT molecular complexity index is 501. The van der Waals surface area contributed by atoms with Gasteiger partial charge in [0.05, 0.1) is 6.61 Å². The topological polar surface area (TPSA) is 53.3 Å². The fraction of sp³-hybridized carbons (Fsp3) is 0.375. The maximum Gasteiger partial charge on any atom is 0.350 e. The number of nitrogens with zero attached hydrogens (tertiary/aromatic N) is 2. The molecule has 106 valence electrons. The van der Waals surface area contributed by atoms with Gasteiger partial charge in [-0.2, -0.15) is 5.26 Å². The third-order valence-corrected chi connectivity index (χ3v) is 2.51. The molecular weight excluding hydrogens is 252 g/mol. The molecule has 0 saturated carbocycles. The van der Waals surface area contributed by atoms with E-state index < -0.39 is 5.97 Å². The van der Waals surface area contributed by atoms with Crippen molar-refractivity contribution in [2.75, 3.05) is 13.7 Å². The Hall–Kier alpha value is -2.28. The van der Waals surface area contributed by atoms with Gasteiger partial charge in [-0.1, -0.05) is 44.2 Å². The molecule has 0 spiro atoms. The molecule has 0 saturated heterocycles. The van der Waals surface area contributed by atoms with Gasteiger partial charge in [-0.25, -0.2) is 4.79 Å². The van der Waals surface area contributed by atoms with Gasteiger partial charge in [0.15, 0.2) is 5.57 Å². The molecule has 0 fully saturated rings. The molecule has 0 bridgehead atoms. The Kier molecular flexibility index (Phi) is 6.31. The quantitative estimate of drug-likeness (QED) is 0.454. The minimum atomic E-state index is -0.568. The van der Waals surface area contributed by atoms with Gasteiger partial charge in [-0.3, -0.25) is 0 Å². The fourth-order valence-electron chi connectivity index (χ4n) is 1.58. The molecule has 0 aliphatic rings. The number of benzene rings is 1. The number of carbonyl (C=O) groups is 1. The van der Waals surface area contributed by atoms with Crippen LogP contribution in [0.3, 0.4) is 0 Å². The molecule has 0 amide bonds. The Morgan fingerprint density at radius 3 is 2.60 bits per heavy atom. The second kappa shape index (κ2) is 8.00. The molecule has 0 radical (unpaired) electrons. The highest BCUT2D eigenvalue weighted by molar-refractivity contribution is 5.92. The lowest BCUT2D eigenvalue weighted by molar-refractivity contribution is -0.139. The van der Waals surface area contributed by atoms with Crippen molar-refractivity contribution in [3.8, 4) is 6.07 Å². The molecule has 0 aliphatic heterocycles. The second-order valence-corrected chi connectivity index (χ2v) is 5.05. The first-order valence-electron chi connectivity index (χ1n) is 6.56. The predicted molar refractivity (Wildman–Crippen MR) is 77.4 cm³/mol. The summed E-state index contributed by atoms with van der Waals surface area (Å²) in [6.45, 7) is 4.85. The van der Waals surface area contributed by atoms with Crippen molar-refractivity contribution in [1.29, 1.82) is 5.26 Å². The summed E-state index contributed by atoms with van der Waals surface area (Å²) in [5.74, 6) is -0.318. The highest BCUT2D eigenvalue weighted by atomic mass is 16.5. The number of rotatable bonds is 6. The van der Waals surface area contributed by atoms with Gasteiger partial charge < -0.3 is 9.64 Å². The second-order valence-electron chi connectivity index (χ2n) is 5.05. The van der Waals surface area contributed by atoms with E-state index in [2.05, 4.69) is 0 Å². The molecule has 0 aromatic heterocycles. The van der Waals surface area contributed by atoms with Crippen LogP contribution in [-0.2, 0) is 16.1 Å². The molecule has 0 atom stereocenters. The van der Waals surface area contributed by atoms with Crippen LogP contribution in [0.1, 0.15) is 19.4 Å². The number of esters is 1. The van der Waals surface area contributed by atoms with E-state index in [1.807, 2.05) is 57.3 Å². The normalized spacial score (nSPS) is 11.1. The van der Waals surface area contributed by atoms with E-state index >= 15 is 0 Å². The maximum absolute atomic E-state index is 11.7. The molecule has 0 unspecified atom stereocenters. The van der Waals surface area contributed by atoms with E-state index in [-0.39, 0.29) is 11.5 Å². The van der Waals surface area contributed by atoms with E-state index in [0.717, 1.165) is 5.56 Å². The average Bonchev–Trinajstić information content (AvgIpc) is 2.43. The zero-order chi connectivity index (χ0) is 15.0. The number of ether oxygens (including phenoxy) is 1. The van der Waals surface area contributed by atoms with Crippen LogP contribution < -0.4 is 0 Å². The van der Waals surface area contributed by atoms with E-state index in [4.69, 9.17) is 10.00 Å². The first-order valence-corrected chi connectivity index (χ1v) is 6.56. The Labute approximate surface area is 120 Å². The molecule has 1 aromatic rings. The minimum absolute atomic E-state index is 0.0177. The van der Waals surface area contributed by atoms with Crippen LogP contribution in [0.25, 0.3) is 0 Å². The van der Waals surface area contributed by atoms with E-state index in [0.29, 0.717) is 13.2 Å². The van der Waals surface area contributed by atoms with Crippen LogP contribution in [0, 0.1) is 17.2 Å². The van der Waals surface area contributed by atoms with Crippen molar-refractivity contribution < 1.29 is 9.53 Å². The summed E-state index contributed by atoms with van der Waals surface area (Å²) in [5.41, 5.74) is 1.13. The lowest BCUT2D eigenvalue weighted by Crippen LogP contribution is -2.16. The molecule has 4 nitrogen and oxygen atoms in total. The highest BCUT2D eigenvalue weighted by Gasteiger charge is 2.12. The van der Waals surface area contributed by atoms with Gasteiger partial charge in [0.2, 0.25) is 0 Å². The first kappa shape index (κ1) is 15.8. The first-order chi connectivity index (χ1) is 9.52.